The number of thioether (sulfide) groups is 1. The summed E-state index contributed by atoms with van der Waals surface area (Å²) in [5, 5.41) is 2.96. The number of benzene rings is 1. The summed E-state index contributed by atoms with van der Waals surface area (Å²) < 4.78 is 0. The molecule has 5 heteroatoms. The van der Waals surface area contributed by atoms with Crippen molar-refractivity contribution in [2.24, 2.45) is 5.92 Å². The van der Waals surface area contributed by atoms with Crippen molar-refractivity contribution in [2.75, 3.05) is 36.0 Å². The lowest BCUT2D eigenvalue weighted by molar-refractivity contribution is -0.119. The first-order valence-electron chi connectivity index (χ1n) is 6.60. The SMILES string of the molecule is CC(C)CNC(=O)CN1CCSc2ccc(N)cc21. The fourth-order valence-electron chi connectivity index (χ4n) is 2.00. The van der Waals surface area contributed by atoms with Gasteiger partial charge in [0.1, 0.15) is 0 Å². The van der Waals surface area contributed by atoms with Crippen molar-refractivity contribution >= 4 is 29.0 Å². The largest absolute Gasteiger partial charge is 0.399 e. The number of rotatable bonds is 4. The van der Waals surface area contributed by atoms with Crippen molar-refractivity contribution in [3.63, 3.8) is 0 Å². The number of hydrogen-bond acceptors (Lipinski definition) is 4. The first kappa shape index (κ1) is 14.1. The molecule has 0 radical (unpaired) electrons. The summed E-state index contributed by atoms with van der Waals surface area (Å²) in [5.41, 5.74) is 7.66. The van der Waals surface area contributed by atoms with E-state index in [0.29, 0.717) is 12.5 Å². The molecule has 1 aromatic rings. The summed E-state index contributed by atoms with van der Waals surface area (Å²) in [6.07, 6.45) is 0. The molecule has 0 saturated heterocycles. The van der Waals surface area contributed by atoms with Crippen molar-refractivity contribution in [2.45, 2.75) is 18.7 Å². The van der Waals surface area contributed by atoms with Crippen LogP contribution in [0.3, 0.4) is 0 Å². The first-order chi connectivity index (χ1) is 9.06. The third kappa shape index (κ3) is 3.80. The maximum absolute atomic E-state index is 11.9. The minimum Gasteiger partial charge on any atom is -0.399 e. The summed E-state index contributed by atoms with van der Waals surface area (Å²) in [5.74, 6) is 1.56. The predicted molar refractivity (Wildman–Crippen MR) is 81.6 cm³/mol. The monoisotopic (exact) mass is 279 g/mol. The molecule has 0 spiro atoms. The number of nitrogen functional groups attached to an aromatic ring is 1. The molecule has 0 unspecified atom stereocenters. The summed E-state index contributed by atoms with van der Waals surface area (Å²) in [6, 6.07) is 5.90. The van der Waals surface area contributed by atoms with E-state index >= 15 is 0 Å². The van der Waals surface area contributed by atoms with Gasteiger partial charge in [-0.1, -0.05) is 13.8 Å². The van der Waals surface area contributed by atoms with Crippen molar-refractivity contribution in [3.05, 3.63) is 18.2 Å². The molecule has 1 aliphatic rings. The Kier molecular flexibility index (Phi) is 4.58. The van der Waals surface area contributed by atoms with Gasteiger partial charge in [-0.05, 0) is 24.1 Å². The Morgan fingerprint density at radius 1 is 1.53 bits per heavy atom. The van der Waals surface area contributed by atoms with E-state index in [2.05, 4.69) is 24.1 Å². The third-order valence-corrected chi connectivity index (χ3v) is 4.03. The van der Waals surface area contributed by atoms with Gasteiger partial charge in [0.2, 0.25) is 5.91 Å². The highest BCUT2D eigenvalue weighted by molar-refractivity contribution is 7.99. The van der Waals surface area contributed by atoms with Crippen LogP contribution < -0.4 is 16.0 Å². The number of anilines is 2. The molecule has 1 aliphatic heterocycles. The Bertz CT molecular complexity index is 462. The van der Waals surface area contributed by atoms with E-state index in [-0.39, 0.29) is 5.91 Å². The fraction of sp³-hybridized carbons (Fsp3) is 0.500. The Labute approximate surface area is 118 Å². The van der Waals surface area contributed by atoms with Crippen LogP contribution in [0.2, 0.25) is 0 Å². The molecular formula is C14H21N3OS. The topological polar surface area (TPSA) is 58.4 Å². The average Bonchev–Trinajstić information content (AvgIpc) is 2.37. The third-order valence-electron chi connectivity index (χ3n) is 2.98. The second-order valence-corrected chi connectivity index (χ2v) is 6.33. The maximum Gasteiger partial charge on any atom is 0.239 e. The molecule has 104 valence electrons. The molecule has 0 aliphatic carbocycles. The number of hydrogen-bond donors (Lipinski definition) is 2. The Hall–Kier alpha value is -1.36. The van der Waals surface area contributed by atoms with Crippen molar-refractivity contribution in [3.8, 4) is 0 Å². The minimum absolute atomic E-state index is 0.0778. The molecule has 0 saturated carbocycles. The van der Waals surface area contributed by atoms with E-state index in [4.69, 9.17) is 5.73 Å². The van der Waals surface area contributed by atoms with Crippen LogP contribution in [0.1, 0.15) is 13.8 Å². The van der Waals surface area contributed by atoms with E-state index in [1.54, 1.807) is 0 Å². The molecule has 2 rings (SSSR count). The lowest BCUT2D eigenvalue weighted by atomic mass is 10.2. The summed E-state index contributed by atoms with van der Waals surface area (Å²) in [7, 11) is 0. The fourth-order valence-corrected chi connectivity index (χ4v) is 3.03. The van der Waals surface area contributed by atoms with Crippen LogP contribution in [0.5, 0.6) is 0 Å². The van der Waals surface area contributed by atoms with Gasteiger partial charge >= 0.3 is 0 Å². The number of carbonyl (C=O) groups excluding carboxylic acids is 1. The van der Waals surface area contributed by atoms with Crippen molar-refractivity contribution in [1.82, 2.24) is 5.32 Å². The molecule has 0 atom stereocenters. The van der Waals surface area contributed by atoms with Crippen LogP contribution in [0, 0.1) is 5.92 Å². The highest BCUT2D eigenvalue weighted by Gasteiger charge is 2.19. The number of amides is 1. The van der Waals surface area contributed by atoms with Crippen LogP contribution >= 0.6 is 11.8 Å². The van der Waals surface area contributed by atoms with Gasteiger partial charge in [0.05, 0.1) is 12.2 Å². The van der Waals surface area contributed by atoms with E-state index < -0.39 is 0 Å². The molecule has 4 nitrogen and oxygen atoms in total. The van der Waals surface area contributed by atoms with Gasteiger partial charge in [-0.25, -0.2) is 0 Å². The smallest absolute Gasteiger partial charge is 0.239 e. The normalized spacial score (nSPS) is 14.4. The van der Waals surface area contributed by atoms with E-state index in [0.717, 1.165) is 30.2 Å². The molecule has 0 aromatic heterocycles. The summed E-state index contributed by atoms with van der Waals surface area (Å²) in [6.45, 7) is 6.20. The van der Waals surface area contributed by atoms with Crippen molar-refractivity contribution in [1.29, 1.82) is 0 Å². The molecule has 0 fully saturated rings. The van der Waals surface area contributed by atoms with Crippen LogP contribution in [-0.2, 0) is 4.79 Å². The number of fused-ring (bicyclic) bond motifs is 1. The highest BCUT2D eigenvalue weighted by Crippen LogP contribution is 2.35. The number of nitrogens with zero attached hydrogens (tertiary/aromatic N) is 1. The zero-order valence-corrected chi connectivity index (χ0v) is 12.3. The van der Waals surface area contributed by atoms with Crippen LogP contribution in [0.25, 0.3) is 0 Å². The van der Waals surface area contributed by atoms with Gasteiger partial charge < -0.3 is 16.0 Å². The maximum atomic E-state index is 11.9. The first-order valence-corrected chi connectivity index (χ1v) is 7.59. The predicted octanol–water partition coefficient (Wildman–Crippen LogP) is 1.95. The van der Waals surface area contributed by atoms with Crippen molar-refractivity contribution < 1.29 is 4.79 Å². The van der Waals surface area contributed by atoms with Crippen LogP contribution in [-0.4, -0.2) is 31.3 Å². The van der Waals surface area contributed by atoms with E-state index in [1.165, 1.54) is 4.90 Å². The molecule has 1 aromatic carbocycles. The van der Waals surface area contributed by atoms with Crippen LogP contribution in [0.4, 0.5) is 11.4 Å². The highest BCUT2D eigenvalue weighted by atomic mass is 32.2. The van der Waals surface area contributed by atoms with Gasteiger partial charge in [0, 0.05) is 29.4 Å². The Morgan fingerprint density at radius 2 is 2.32 bits per heavy atom. The minimum atomic E-state index is 0.0778. The second-order valence-electron chi connectivity index (χ2n) is 5.20. The van der Waals surface area contributed by atoms with Crippen LogP contribution in [0.15, 0.2) is 23.1 Å². The quantitative estimate of drug-likeness (QED) is 0.827. The number of nitrogens with one attached hydrogen (secondary N) is 1. The molecule has 1 heterocycles. The van der Waals surface area contributed by atoms with E-state index in [9.17, 15) is 4.79 Å². The van der Waals surface area contributed by atoms with Gasteiger partial charge in [-0.15, -0.1) is 11.8 Å². The molecule has 19 heavy (non-hydrogen) atoms. The van der Waals surface area contributed by atoms with E-state index in [1.807, 2.05) is 30.0 Å². The zero-order valence-electron chi connectivity index (χ0n) is 11.5. The van der Waals surface area contributed by atoms with Gasteiger partial charge in [0.25, 0.3) is 0 Å². The summed E-state index contributed by atoms with van der Waals surface area (Å²) in [4.78, 5) is 15.2. The molecular weight excluding hydrogens is 258 g/mol. The lowest BCUT2D eigenvalue weighted by Gasteiger charge is -2.30. The number of nitrogens with two attached hydrogens (primary N) is 1. The van der Waals surface area contributed by atoms with Gasteiger partial charge in [-0.3, -0.25) is 4.79 Å². The average molecular weight is 279 g/mol. The summed E-state index contributed by atoms with van der Waals surface area (Å²) >= 11 is 1.82. The standard InChI is InChI=1S/C14H21N3OS/c1-10(2)8-16-14(18)9-17-5-6-19-13-4-3-11(15)7-12(13)17/h3-4,7,10H,5-6,8-9,15H2,1-2H3,(H,16,18). The molecule has 1 amide bonds. The van der Waals surface area contributed by atoms with Gasteiger partial charge in [0.15, 0.2) is 0 Å². The Morgan fingerprint density at radius 3 is 3.05 bits per heavy atom. The zero-order chi connectivity index (χ0) is 13.8. The second kappa shape index (κ2) is 6.19. The Balaban J connectivity index is 2.03. The number of carbonyl (C=O) groups is 1. The molecule has 0 bridgehead atoms. The molecule has 3 N–H and O–H groups in total. The van der Waals surface area contributed by atoms with Gasteiger partial charge in [-0.2, -0.15) is 0 Å². The lowest BCUT2D eigenvalue weighted by Crippen LogP contribution is -2.40.